The molecule has 0 aromatic heterocycles. The first-order valence-corrected chi connectivity index (χ1v) is 11.6. The summed E-state index contributed by atoms with van der Waals surface area (Å²) in [5.74, 6) is 0. The van der Waals surface area contributed by atoms with Crippen LogP contribution in [0.3, 0.4) is 0 Å². The molecule has 120 valence electrons. The van der Waals surface area contributed by atoms with Crippen molar-refractivity contribution in [2.45, 2.75) is 0 Å². The zero-order chi connectivity index (χ0) is 16.8. The topological polar surface area (TPSA) is 0 Å². The Hall–Kier alpha value is -0.981. The molecule has 0 unspecified atom stereocenters. The van der Waals surface area contributed by atoms with E-state index in [1.807, 2.05) is 24.3 Å². The van der Waals surface area contributed by atoms with Crippen LogP contribution in [0.2, 0.25) is 10.0 Å². The summed E-state index contributed by atoms with van der Waals surface area (Å²) in [7, 11) is 0. The fraction of sp³-hybridized carbons (Fsp3) is 0. The third-order valence-electron chi connectivity index (χ3n) is 3.22. The van der Waals surface area contributed by atoms with Crippen molar-refractivity contribution in [3.05, 3.63) is 99.4 Å². The molecule has 0 spiro atoms. The maximum absolute atomic E-state index is 6.00. The van der Waals surface area contributed by atoms with Crippen molar-refractivity contribution in [3.8, 4) is 0 Å². The van der Waals surface area contributed by atoms with Gasteiger partial charge in [0.25, 0.3) is 0 Å². The van der Waals surface area contributed by atoms with Gasteiger partial charge in [0.1, 0.15) is 0 Å². The summed E-state index contributed by atoms with van der Waals surface area (Å²) < 4.78 is 4.06. The molecule has 3 aromatic rings. The molecule has 0 aliphatic carbocycles. The molecule has 4 heteroatoms. The van der Waals surface area contributed by atoms with Crippen molar-refractivity contribution >= 4 is 66.5 Å². The van der Waals surface area contributed by atoms with E-state index in [1.54, 1.807) is 0 Å². The minimum absolute atomic E-state index is 0.250. The Morgan fingerprint density at radius 1 is 0.667 bits per heavy atom. The van der Waals surface area contributed by atoms with Gasteiger partial charge in [-0.05, 0) is 0 Å². The summed E-state index contributed by atoms with van der Waals surface area (Å²) in [6.45, 7) is 0. The SMILES string of the molecule is Clc1ccc([Se]/C=C(\[Se]c2ccc(Cl)cc2)c2ccccc2)cc1. The Labute approximate surface area is 165 Å². The predicted octanol–water partition coefficient (Wildman–Crippen LogP) is 4.35. The Balaban J connectivity index is 1.85. The molecule has 0 amide bonds. The average molecular weight is 483 g/mol. The van der Waals surface area contributed by atoms with Crippen LogP contribution >= 0.6 is 23.2 Å². The van der Waals surface area contributed by atoms with Gasteiger partial charge in [0.05, 0.1) is 0 Å². The van der Waals surface area contributed by atoms with E-state index >= 15 is 0 Å². The van der Waals surface area contributed by atoms with Crippen LogP contribution < -0.4 is 8.92 Å². The Kier molecular flexibility index (Phi) is 6.63. The Morgan fingerprint density at radius 2 is 1.21 bits per heavy atom. The first-order chi connectivity index (χ1) is 11.7. The van der Waals surface area contributed by atoms with Gasteiger partial charge in [0.2, 0.25) is 0 Å². The molecule has 0 saturated heterocycles. The molecule has 0 atom stereocenters. The molecular weight excluding hydrogens is 469 g/mol. The van der Waals surface area contributed by atoms with Crippen LogP contribution in [-0.4, -0.2) is 29.9 Å². The third kappa shape index (κ3) is 5.26. The summed E-state index contributed by atoms with van der Waals surface area (Å²) in [5.41, 5.74) is 1.29. The molecule has 0 fully saturated rings. The molecule has 0 nitrogen and oxygen atoms in total. The molecule has 0 aliphatic heterocycles. The molecule has 24 heavy (non-hydrogen) atoms. The van der Waals surface area contributed by atoms with Crippen LogP contribution in [0, 0.1) is 0 Å². The Morgan fingerprint density at radius 3 is 1.79 bits per heavy atom. The van der Waals surface area contributed by atoms with E-state index in [1.165, 1.54) is 19.0 Å². The van der Waals surface area contributed by atoms with E-state index < -0.39 is 0 Å². The quantitative estimate of drug-likeness (QED) is 0.474. The summed E-state index contributed by atoms with van der Waals surface area (Å²) >= 11 is 12.5. The van der Waals surface area contributed by atoms with Gasteiger partial charge in [-0.2, -0.15) is 0 Å². The number of hydrogen-bond acceptors (Lipinski definition) is 0. The molecule has 0 bridgehead atoms. The van der Waals surface area contributed by atoms with Crippen molar-refractivity contribution in [2.24, 2.45) is 0 Å². The number of benzene rings is 3. The summed E-state index contributed by atoms with van der Waals surface area (Å²) in [6, 6.07) is 26.9. The maximum atomic E-state index is 6.00. The van der Waals surface area contributed by atoms with Gasteiger partial charge < -0.3 is 0 Å². The molecule has 0 heterocycles. The van der Waals surface area contributed by atoms with Gasteiger partial charge in [-0.3, -0.25) is 0 Å². The van der Waals surface area contributed by atoms with Gasteiger partial charge in [-0.1, -0.05) is 0 Å². The second-order valence-corrected chi connectivity index (χ2v) is 10.2. The molecule has 0 N–H and O–H groups in total. The molecule has 3 aromatic carbocycles. The van der Waals surface area contributed by atoms with Crippen molar-refractivity contribution in [2.75, 3.05) is 0 Å². The van der Waals surface area contributed by atoms with Crippen LogP contribution in [0.1, 0.15) is 5.56 Å². The summed E-state index contributed by atoms with van der Waals surface area (Å²) in [6.07, 6.45) is 0. The van der Waals surface area contributed by atoms with Crippen molar-refractivity contribution < 1.29 is 0 Å². The number of hydrogen-bond donors (Lipinski definition) is 0. The van der Waals surface area contributed by atoms with Gasteiger partial charge in [0.15, 0.2) is 0 Å². The van der Waals surface area contributed by atoms with Gasteiger partial charge in [-0.25, -0.2) is 0 Å². The zero-order valence-electron chi connectivity index (χ0n) is 12.7. The van der Waals surface area contributed by atoms with Gasteiger partial charge in [-0.15, -0.1) is 0 Å². The Bertz CT molecular complexity index is 811. The van der Waals surface area contributed by atoms with Crippen LogP contribution in [0.15, 0.2) is 83.8 Å². The van der Waals surface area contributed by atoms with Crippen LogP contribution in [-0.2, 0) is 0 Å². The normalized spacial score (nSPS) is 11.5. The standard InChI is InChI=1S/C20H14Cl2Se2/c21-16-6-10-18(11-7-16)23-14-20(15-4-2-1-3-5-15)24-19-12-8-17(22)9-13-19/h1-14H/b20-14-. The molecular formula is C20H14Cl2Se2. The molecule has 3 rings (SSSR count). The van der Waals surface area contributed by atoms with Crippen molar-refractivity contribution in [3.63, 3.8) is 0 Å². The number of halogens is 2. The van der Waals surface area contributed by atoms with E-state index in [0.29, 0.717) is 0 Å². The van der Waals surface area contributed by atoms with Crippen LogP contribution in [0.25, 0.3) is 4.47 Å². The fourth-order valence-electron chi connectivity index (χ4n) is 2.02. The first kappa shape index (κ1) is 17.8. The number of rotatable bonds is 5. The monoisotopic (exact) mass is 484 g/mol. The molecule has 0 saturated carbocycles. The third-order valence-corrected chi connectivity index (χ3v) is 8.63. The van der Waals surface area contributed by atoms with Crippen molar-refractivity contribution in [1.29, 1.82) is 0 Å². The van der Waals surface area contributed by atoms with Gasteiger partial charge in [0, 0.05) is 0 Å². The van der Waals surface area contributed by atoms with Crippen LogP contribution in [0.5, 0.6) is 0 Å². The van der Waals surface area contributed by atoms with E-state index in [4.69, 9.17) is 23.2 Å². The fourth-order valence-corrected chi connectivity index (χ4v) is 6.47. The van der Waals surface area contributed by atoms with E-state index in [-0.39, 0.29) is 29.9 Å². The molecule has 0 radical (unpaired) electrons. The van der Waals surface area contributed by atoms with Crippen LogP contribution in [0.4, 0.5) is 0 Å². The summed E-state index contributed by atoms with van der Waals surface area (Å²) in [4.78, 5) is 2.39. The molecule has 0 aliphatic rings. The second kappa shape index (κ2) is 8.92. The minimum atomic E-state index is 0.250. The summed E-state index contributed by atoms with van der Waals surface area (Å²) in [5, 5.41) is 1.57. The average Bonchev–Trinajstić information content (AvgIpc) is 2.62. The predicted molar refractivity (Wildman–Crippen MR) is 108 cm³/mol. The van der Waals surface area contributed by atoms with Crippen molar-refractivity contribution in [1.82, 2.24) is 0 Å². The van der Waals surface area contributed by atoms with E-state index in [0.717, 1.165) is 10.0 Å². The van der Waals surface area contributed by atoms with E-state index in [2.05, 4.69) is 59.6 Å². The van der Waals surface area contributed by atoms with E-state index in [9.17, 15) is 0 Å². The second-order valence-electron chi connectivity index (χ2n) is 4.98. The van der Waals surface area contributed by atoms with Gasteiger partial charge >= 0.3 is 166 Å². The first-order valence-electron chi connectivity index (χ1n) is 7.32. The zero-order valence-corrected chi connectivity index (χ0v) is 17.6.